The predicted molar refractivity (Wildman–Crippen MR) is 151 cm³/mol. The van der Waals surface area contributed by atoms with Crippen LogP contribution in [-0.2, 0) is 9.53 Å². The number of fused-ring (bicyclic) bond motifs is 3. The zero-order valence-electron chi connectivity index (χ0n) is 21.6. The number of hydrogen-bond acceptors (Lipinski definition) is 8. The number of methoxy groups -OCH3 is 1. The third-order valence-electron chi connectivity index (χ3n) is 7.51. The highest BCUT2D eigenvalue weighted by Gasteiger charge is 2.67. The quantitative estimate of drug-likeness (QED) is 0.146. The molecule has 2 aliphatic rings. The van der Waals surface area contributed by atoms with Crippen molar-refractivity contribution in [2.24, 2.45) is 5.41 Å². The maximum absolute atomic E-state index is 14.5. The first-order chi connectivity index (χ1) is 19.3. The molecule has 9 nitrogen and oxygen atoms in total. The standard InChI is InChI=1S/C30H24BrN3O6/c1-3-40-29(36)30(17-32)25-15-11-18-6-4-5-7-23(18)33(25)27(26(30)19-8-12-21(13-9-19)34(37)38)28(35)20-10-14-24(39-2)22(31)16-20/h4-16,25-27H,3H2,1-2H3/t25-,26+,27-,30-/m0/s1. The summed E-state index contributed by atoms with van der Waals surface area (Å²) in [5.41, 5.74) is 0.312. The Bertz CT molecular complexity index is 1580. The van der Waals surface area contributed by atoms with E-state index in [9.17, 15) is 25.0 Å². The van der Waals surface area contributed by atoms with Gasteiger partial charge in [0, 0.05) is 29.3 Å². The van der Waals surface area contributed by atoms with E-state index in [1.165, 1.54) is 31.4 Å². The van der Waals surface area contributed by atoms with Crippen LogP contribution < -0.4 is 9.64 Å². The number of carbonyl (C=O) groups is 2. The van der Waals surface area contributed by atoms with Crippen molar-refractivity contribution in [1.29, 1.82) is 5.26 Å². The van der Waals surface area contributed by atoms with Gasteiger partial charge in [-0.1, -0.05) is 42.5 Å². The first kappa shape index (κ1) is 27.1. The normalized spacial score (nSPS) is 22.6. The molecule has 202 valence electrons. The number of non-ortho nitro benzene ring substituents is 1. The molecule has 1 saturated heterocycles. The number of Topliss-reactive ketones (excluding diaryl/α,β-unsaturated/α-hetero) is 1. The number of anilines is 1. The SMILES string of the molecule is CCOC(=O)[C@]1(C#N)[C@H](c2ccc([N+](=O)[O-])cc2)[C@@H](C(=O)c2ccc(OC)c(Br)c2)N2c3ccccc3C=C[C@H]21. The number of para-hydroxylation sites is 1. The van der Waals surface area contributed by atoms with Gasteiger partial charge in [0.1, 0.15) is 11.8 Å². The molecule has 4 atom stereocenters. The summed E-state index contributed by atoms with van der Waals surface area (Å²) >= 11 is 3.45. The van der Waals surface area contributed by atoms with Crippen molar-refractivity contribution >= 4 is 45.1 Å². The third kappa shape index (κ3) is 4.14. The van der Waals surface area contributed by atoms with Crippen LogP contribution in [0.3, 0.4) is 0 Å². The first-order valence-corrected chi connectivity index (χ1v) is 13.3. The molecule has 0 amide bonds. The Labute approximate surface area is 238 Å². The van der Waals surface area contributed by atoms with Crippen molar-refractivity contribution in [1.82, 2.24) is 0 Å². The molecule has 0 unspecified atom stereocenters. The third-order valence-corrected chi connectivity index (χ3v) is 8.13. The highest BCUT2D eigenvalue weighted by Crippen LogP contribution is 2.56. The summed E-state index contributed by atoms with van der Waals surface area (Å²) in [4.78, 5) is 41.0. The Morgan fingerprint density at radius 3 is 2.50 bits per heavy atom. The van der Waals surface area contributed by atoms with Gasteiger partial charge in [-0.25, -0.2) is 0 Å². The number of esters is 1. The van der Waals surface area contributed by atoms with Gasteiger partial charge in [-0.3, -0.25) is 19.7 Å². The summed E-state index contributed by atoms with van der Waals surface area (Å²) in [7, 11) is 1.52. The summed E-state index contributed by atoms with van der Waals surface area (Å²) < 4.78 is 11.4. The second-order valence-corrected chi connectivity index (χ2v) is 10.3. The second-order valence-electron chi connectivity index (χ2n) is 9.46. The summed E-state index contributed by atoms with van der Waals surface area (Å²) in [5.74, 6) is -1.57. The number of ether oxygens (including phenoxy) is 2. The van der Waals surface area contributed by atoms with Crippen LogP contribution in [0.25, 0.3) is 6.08 Å². The van der Waals surface area contributed by atoms with Crippen molar-refractivity contribution < 1.29 is 24.0 Å². The van der Waals surface area contributed by atoms with Crippen LogP contribution >= 0.6 is 15.9 Å². The van der Waals surface area contributed by atoms with Crippen molar-refractivity contribution in [2.45, 2.75) is 24.9 Å². The predicted octanol–water partition coefficient (Wildman–Crippen LogP) is 5.69. The summed E-state index contributed by atoms with van der Waals surface area (Å²) in [5, 5.41) is 22.2. The van der Waals surface area contributed by atoms with Crippen molar-refractivity contribution in [3.05, 3.63) is 104 Å². The minimum absolute atomic E-state index is 0.0340. The van der Waals surface area contributed by atoms with Gasteiger partial charge < -0.3 is 14.4 Å². The number of rotatable bonds is 7. The van der Waals surface area contributed by atoms with Gasteiger partial charge in [0.25, 0.3) is 5.69 Å². The lowest BCUT2D eigenvalue weighted by atomic mass is 9.68. The van der Waals surface area contributed by atoms with E-state index in [1.807, 2.05) is 35.2 Å². The summed E-state index contributed by atoms with van der Waals surface area (Å²) in [6.45, 7) is 1.69. The molecular formula is C30H24BrN3O6. The molecule has 5 rings (SSSR count). The van der Waals surface area contributed by atoms with Gasteiger partial charge in [0.15, 0.2) is 11.2 Å². The fraction of sp³-hybridized carbons (Fsp3) is 0.233. The minimum Gasteiger partial charge on any atom is -0.496 e. The fourth-order valence-electron chi connectivity index (χ4n) is 5.78. The van der Waals surface area contributed by atoms with Gasteiger partial charge in [-0.2, -0.15) is 5.26 Å². The summed E-state index contributed by atoms with van der Waals surface area (Å²) in [6.07, 6.45) is 3.60. The van der Waals surface area contributed by atoms with Crippen molar-refractivity contribution in [3.63, 3.8) is 0 Å². The molecule has 0 saturated carbocycles. The summed E-state index contributed by atoms with van der Waals surface area (Å²) in [6, 6.07) is 18.4. The lowest BCUT2D eigenvalue weighted by molar-refractivity contribution is -0.384. The number of nitrogens with zero attached hydrogens (tertiary/aromatic N) is 3. The highest BCUT2D eigenvalue weighted by molar-refractivity contribution is 9.10. The van der Waals surface area contributed by atoms with Gasteiger partial charge in [0.2, 0.25) is 0 Å². The minimum atomic E-state index is -1.83. The number of benzene rings is 3. The maximum atomic E-state index is 14.5. The number of nitro benzene ring substituents is 1. The molecule has 0 N–H and O–H groups in total. The second kappa shape index (κ2) is 10.6. The van der Waals surface area contributed by atoms with Gasteiger partial charge >= 0.3 is 5.97 Å². The first-order valence-electron chi connectivity index (χ1n) is 12.5. The van der Waals surface area contributed by atoms with E-state index in [2.05, 4.69) is 22.0 Å². The van der Waals surface area contributed by atoms with Crippen LogP contribution in [0.4, 0.5) is 11.4 Å². The molecule has 10 heteroatoms. The van der Waals surface area contributed by atoms with E-state index in [0.29, 0.717) is 27.0 Å². The molecule has 0 spiro atoms. The van der Waals surface area contributed by atoms with E-state index in [1.54, 1.807) is 31.2 Å². The molecule has 0 radical (unpaired) electrons. The zero-order valence-corrected chi connectivity index (χ0v) is 23.2. The van der Waals surface area contributed by atoms with Crippen LogP contribution in [0.1, 0.15) is 34.3 Å². The Balaban J connectivity index is 1.79. The van der Waals surface area contributed by atoms with Crippen LogP contribution in [-0.4, -0.2) is 42.5 Å². The van der Waals surface area contributed by atoms with E-state index < -0.39 is 34.3 Å². The molecule has 40 heavy (non-hydrogen) atoms. The molecule has 0 aromatic heterocycles. The average Bonchev–Trinajstić information content (AvgIpc) is 3.28. The van der Waals surface area contributed by atoms with Crippen LogP contribution in [0.5, 0.6) is 5.75 Å². The van der Waals surface area contributed by atoms with Gasteiger partial charge in [-0.15, -0.1) is 0 Å². The van der Waals surface area contributed by atoms with E-state index in [-0.39, 0.29) is 18.1 Å². The Hall–Kier alpha value is -4.49. The zero-order chi connectivity index (χ0) is 28.6. The number of ketones is 1. The molecule has 0 bridgehead atoms. The van der Waals surface area contributed by atoms with E-state index >= 15 is 0 Å². The molecule has 3 aromatic rings. The molecule has 2 heterocycles. The number of nitriles is 1. The molecule has 0 aliphatic carbocycles. The Kier molecular flexibility index (Phi) is 7.17. The largest absolute Gasteiger partial charge is 0.496 e. The number of nitro groups is 1. The Morgan fingerprint density at radius 1 is 1.15 bits per heavy atom. The van der Waals surface area contributed by atoms with Crippen molar-refractivity contribution in [2.75, 3.05) is 18.6 Å². The van der Waals surface area contributed by atoms with Gasteiger partial charge in [-0.05, 0) is 58.2 Å². The lowest BCUT2D eigenvalue weighted by Crippen LogP contribution is -2.47. The van der Waals surface area contributed by atoms with Crippen LogP contribution in [0.2, 0.25) is 0 Å². The topological polar surface area (TPSA) is 123 Å². The van der Waals surface area contributed by atoms with Crippen LogP contribution in [0, 0.1) is 26.9 Å². The van der Waals surface area contributed by atoms with Crippen molar-refractivity contribution in [3.8, 4) is 11.8 Å². The molecule has 2 aliphatic heterocycles. The van der Waals surface area contributed by atoms with Gasteiger partial charge in [0.05, 0.1) is 35.2 Å². The fourth-order valence-corrected chi connectivity index (χ4v) is 6.33. The number of hydrogen-bond donors (Lipinski definition) is 0. The number of halogens is 1. The monoisotopic (exact) mass is 601 g/mol. The van der Waals surface area contributed by atoms with Crippen LogP contribution in [0.15, 0.2) is 77.3 Å². The number of carbonyl (C=O) groups excluding carboxylic acids is 2. The lowest BCUT2D eigenvalue weighted by Gasteiger charge is -2.36. The highest BCUT2D eigenvalue weighted by atomic mass is 79.9. The van der Waals surface area contributed by atoms with E-state index in [0.717, 1.165) is 5.56 Å². The Morgan fingerprint density at radius 2 is 1.88 bits per heavy atom. The van der Waals surface area contributed by atoms with E-state index in [4.69, 9.17) is 9.47 Å². The molecule has 1 fully saturated rings. The average molecular weight is 602 g/mol. The maximum Gasteiger partial charge on any atom is 0.329 e. The molecule has 3 aromatic carbocycles. The smallest absolute Gasteiger partial charge is 0.329 e. The molecular weight excluding hydrogens is 578 g/mol.